The number of rotatable bonds is 2. The van der Waals surface area contributed by atoms with E-state index in [0.29, 0.717) is 12.6 Å². The predicted molar refractivity (Wildman–Crippen MR) is 81.1 cm³/mol. The lowest BCUT2D eigenvalue weighted by atomic mass is 9.77. The number of amides is 1. The molecule has 3 nitrogen and oxygen atoms in total. The summed E-state index contributed by atoms with van der Waals surface area (Å²) < 4.78 is 0. The molecule has 2 rings (SSSR count). The van der Waals surface area contributed by atoms with Crippen molar-refractivity contribution in [2.45, 2.75) is 32.7 Å². The molecular weight excluding hydrogens is 248 g/mol. The van der Waals surface area contributed by atoms with E-state index in [1.54, 1.807) is 0 Å². The third-order valence-electron chi connectivity index (χ3n) is 3.89. The number of carbonyl (C=O) groups excluding carboxylic acids is 1. The zero-order valence-electron chi connectivity index (χ0n) is 12.2. The van der Waals surface area contributed by atoms with Crippen LogP contribution in [0.5, 0.6) is 0 Å². The van der Waals surface area contributed by atoms with Gasteiger partial charge >= 0.3 is 0 Å². The molecule has 2 N–H and O–H groups in total. The van der Waals surface area contributed by atoms with E-state index in [2.05, 4.69) is 36.3 Å². The second-order valence-corrected chi connectivity index (χ2v) is 5.92. The van der Waals surface area contributed by atoms with E-state index in [9.17, 15) is 4.79 Å². The average molecular weight is 270 g/mol. The molecule has 1 saturated heterocycles. The average Bonchev–Trinajstić information content (AvgIpc) is 2.44. The number of piperidine rings is 1. The van der Waals surface area contributed by atoms with Crippen molar-refractivity contribution >= 4 is 5.91 Å². The quantitative estimate of drug-likeness (QED) is 0.806. The van der Waals surface area contributed by atoms with Gasteiger partial charge in [0.15, 0.2) is 0 Å². The molecule has 1 unspecified atom stereocenters. The van der Waals surface area contributed by atoms with E-state index in [1.165, 1.54) is 12.8 Å². The van der Waals surface area contributed by atoms with Gasteiger partial charge in [0.25, 0.3) is 5.91 Å². The van der Waals surface area contributed by atoms with Gasteiger partial charge in [-0.3, -0.25) is 4.79 Å². The van der Waals surface area contributed by atoms with Crippen LogP contribution in [-0.4, -0.2) is 25.0 Å². The summed E-state index contributed by atoms with van der Waals surface area (Å²) >= 11 is 0. The Morgan fingerprint density at radius 2 is 2.15 bits per heavy atom. The van der Waals surface area contributed by atoms with Crippen LogP contribution in [0.15, 0.2) is 30.3 Å². The van der Waals surface area contributed by atoms with Gasteiger partial charge in [-0.05, 0) is 36.9 Å². The summed E-state index contributed by atoms with van der Waals surface area (Å²) in [6.07, 6.45) is 2.39. The van der Waals surface area contributed by atoms with Crippen LogP contribution in [0, 0.1) is 17.3 Å². The first kappa shape index (κ1) is 14.6. The maximum absolute atomic E-state index is 11.8. The molecule has 1 amide bonds. The Bertz CT molecular complexity index is 511. The highest BCUT2D eigenvalue weighted by Crippen LogP contribution is 2.29. The fourth-order valence-corrected chi connectivity index (χ4v) is 2.51. The topological polar surface area (TPSA) is 41.1 Å². The van der Waals surface area contributed by atoms with E-state index in [1.807, 2.05) is 30.3 Å². The lowest BCUT2D eigenvalue weighted by Gasteiger charge is -2.39. The van der Waals surface area contributed by atoms with Gasteiger partial charge in [-0.2, -0.15) is 0 Å². The first-order valence-electron chi connectivity index (χ1n) is 7.16. The van der Waals surface area contributed by atoms with Crippen molar-refractivity contribution in [1.29, 1.82) is 0 Å². The molecule has 1 aromatic rings. The molecule has 1 aliphatic heterocycles. The van der Waals surface area contributed by atoms with E-state index in [-0.39, 0.29) is 11.3 Å². The van der Waals surface area contributed by atoms with Crippen molar-refractivity contribution in [3.05, 3.63) is 35.9 Å². The normalized spacial score (nSPS) is 20.6. The zero-order chi connectivity index (χ0) is 14.4. The van der Waals surface area contributed by atoms with Crippen LogP contribution in [0.1, 0.15) is 32.3 Å². The van der Waals surface area contributed by atoms with Crippen LogP contribution >= 0.6 is 0 Å². The minimum Gasteiger partial charge on any atom is -0.344 e. The summed E-state index contributed by atoms with van der Waals surface area (Å²) in [7, 11) is 0. The molecule has 0 radical (unpaired) electrons. The fraction of sp³-hybridized carbons (Fsp3) is 0.471. The number of benzene rings is 1. The van der Waals surface area contributed by atoms with Crippen LogP contribution in [0.3, 0.4) is 0 Å². The number of carbonyl (C=O) groups is 1. The molecule has 1 fully saturated rings. The van der Waals surface area contributed by atoms with Crippen molar-refractivity contribution in [3.63, 3.8) is 0 Å². The van der Waals surface area contributed by atoms with Crippen LogP contribution < -0.4 is 10.6 Å². The SMILES string of the molecule is CC1(C)CCCNC1CNC(=O)C#Cc1ccccc1. The summed E-state index contributed by atoms with van der Waals surface area (Å²) in [6, 6.07) is 9.87. The molecule has 1 aliphatic rings. The summed E-state index contributed by atoms with van der Waals surface area (Å²) in [5, 5.41) is 6.38. The number of nitrogens with one attached hydrogen (secondary N) is 2. The van der Waals surface area contributed by atoms with Gasteiger partial charge in [-0.1, -0.05) is 38.0 Å². The Hall–Kier alpha value is -1.79. The Labute approximate surface area is 121 Å². The highest BCUT2D eigenvalue weighted by Gasteiger charge is 2.31. The predicted octanol–water partition coefficient (Wildman–Crippen LogP) is 1.93. The van der Waals surface area contributed by atoms with Crippen LogP contribution in [-0.2, 0) is 4.79 Å². The Morgan fingerprint density at radius 1 is 1.40 bits per heavy atom. The molecule has 1 atom stereocenters. The fourth-order valence-electron chi connectivity index (χ4n) is 2.51. The molecule has 3 heteroatoms. The van der Waals surface area contributed by atoms with Crippen molar-refractivity contribution in [2.75, 3.05) is 13.1 Å². The maximum Gasteiger partial charge on any atom is 0.296 e. The summed E-state index contributed by atoms with van der Waals surface area (Å²) in [5.41, 5.74) is 1.08. The Balaban J connectivity index is 1.85. The first-order valence-corrected chi connectivity index (χ1v) is 7.16. The maximum atomic E-state index is 11.8. The molecule has 106 valence electrons. The Morgan fingerprint density at radius 3 is 2.85 bits per heavy atom. The van der Waals surface area contributed by atoms with Gasteiger partial charge in [-0.15, -0.1) is 0 Å². The molecule has 0 aromatic heterocycles. The zero-order valence-corrected chi connectivity index (χ0v) is 12.2. The van der Waals surface area contributed by atoms with Gasteiger partial charge in [0, 0.05) is 24.1 Å². The van der Waals surface area contributed by atoms with E-state index in [4.69, 9.17) is 0 Å². The molecule has 0 saturated carbocycles. The van der Waals surface area contributed by atoms with Crippen LogP contribution in [0.25, 0.3) is 0 Å². The van der Waals surface area contributed by atoms with Gasteiger partial charge in [0.1, 0.15) is 0 Å². The standard InChI is InChI=1S/C17H22N2O/c1-17(2)11-6-12-18-15(17)13-19-16(20)10-9-14-7-4-3-5-8-14/h3-5,7-8,15,18H,6,11-13H2,1-2H3,(H,19,20). The van der Waals surface area contributed by atoms with Crippen molar-refractivity contribution in [2.24, 2.45) is 5.41 Å². The lowest BCUT2D eigenvalue weighted by Crippen LogP contribution is -2.52. The Kier molecular flexibility index (Phi) is 4.81. The van der Waals surface area contributed by atoms with E-state index < -0.39 is 0 Å². The van der Waals surface area contributed by atoms with Gasteiger partial charge in [0.05, 0.1) is 0 Å². The number of hydrogen-bond donors (Lipinski definition) is 2. The minimum atomic E-state index is -0.211. The monoisotopic (exact) mass is 270 g/mol. The second kappa shape index (κ2) is 6.58. The smallest absolute Gasteiger partial charge is 0.296 e. The summed E-state index contributed by atoms with van der Waals surface area (Å²) in [6.45, 7) is 6.15. The minimum absolute atomic E-state index is 0.211. The first-order chi connectivity index (χ1) is 9.58. The molecule has 0 aliphatic carbocycles. The molecule has 0 bridgehead atoms. The molecular formula is C17H22N2O. The van der Waals surface area contributed by atoms with Crippen molar-refractivity contribution < 1.29 is 4.79 Å². The molecule has 1 aromatic carbocycles. The second-order valence-electron chi connectivity index (χ2n) is 5.92. The van der Waals surface area contributed by atoms with Crippen LogP contribution in [0.4, 0.5) is 0 Å². The molecule has 1 heterocycles. The molecule has 0 spiro atoms. The summed E-state index contributed by atoms with van der Waals surface area (Å²) in [4.78, 5) is 11.8. The van der Waals surface area contributed by atoms with Gasteiger partial charge in [-0.25, -0.2) is 0 Å². The van der Waals surface area contributed by atoms with Crippen molar-refractivity contribution in [1.82, 2.24) is 10.6 Å². The highest BCUT2D eigenvalue weighted by molar-refractivity contribution is 5.94. The van der Waals surface area contributed by atoms with E-state index in [0.717, 1.165) is 12.1 Å². The van der Waals surface area contributed by atoms with Crippen molar-refractivity contribution in [3.8, 4) is 11.8 Å². The highest BCUT2D eigenvalue weighted by atomic mass is 16.1. The third-order valence-corrected chi connectivity index (χ3v) is 3.89. The number of hydrogen-bond acceptors (Lipinski definition) is 2. The van der Waals surface area contributed by atoms with Gasteiger partial charge in [0.2, 0.25) is 0 Å². The lowest BCUT2D eigenvalue weighted by molar-refractivity contribution is -0.115. The van der Waals surface area contributed by atoms with Crippen LogP contribution in [0.2, 0.25) is 0 Å². The largest absolute Gasteiger partial charge is 0.344 e. The van der Waals surface area contributed by atoms with E-state index >= 15 is 0 Å². The summed E-state index contributed by atoms with van der Waals surface area (Å²) in [5.74, 6) is 5.30. The third kappa shape index (κ3) is 4.11. The molecule has 20 heavy (non-hydrogen) atoms. The van der Waals surface area contributed by atoms with Gasteiger partial charge < -0.3 is 10.6 Å².